The summed E-state index contributed by atoms with van der Waals surface area (Å²) in [7, 11) is 0. The molecule has 1 aliphatic heterocycles. The molecule has 3 rings (SSSR count). The van der Waals surface area contributed by atoms with E-state index in [1.807, 2.05) is 36.5 Å². The topological polar surface area (TPSA) is 21.6 Å². The molecule has 1 atom stereocenters. The Hall–Kier alpha value is -2.09. The second-order valence-electron chi connectivity index (χ2n) is 5.96. The molecule has 1 heterocycles. The molecule has 0 saturated heterocycles. The van der Waals surface area contributed by atoms with Crippen molar-refractivity contribution >= 4 is 11.9 Å². The largest absolute Gasteiger partial charge is 0.487 e. The van der Waals surface area contributed by atoms with Gasteiger partial charge in [0.05, 0.1) is 5.69 Å². The number of benzene rings is 2. The molecular weight excluding hydrogens is 258 g/mol. The highest BCUT2D eigenvalue weighted by Crippen LogP contribution is 2.40. The van der Waals surface area contributed by atoms with Gasteiger partial charge in [0, 0.05) is 18.2 Å². The molecule has 0 fully saturated rings. The monoisotopic (exact) mass is 279 g/mol. The zero-order valence-corrected chi connectivity index (χ0v) is 12.9. The summed E-state index contributed by atoms with van der Waals surface area (Å²) in [6.07, 6.45) is 3.92. The Balaban J connectivity index is 1.96. The molecule has 0 radical (unpaired) electrons. The molecule has 0 amide bonds. The SMILES string of the molecule is CCC1(C)Cc2c(C=Nc3ccccc3)ccc(C)c2O1. The van der Waals surface area contributed by atoms with E-state index in [9.17, 15) is 0 Å². The summed E-state index contributed by atoms with van der Waals surface area (Å²) in [5.41, 5.74) is 4.56. The van der Waals surface area contributed by atoms with E-state index in [0.29, 0.717) is 0 Å². The van der Waals surface area contributed by atoms with Gasteiger partial charge in [0.2, 0.25) is 0 Å². The van der Waals surface area contributed by atoms with Crippen molar-refractivity contribution in [2.75, 3.05) is 0 Å². The lowest BCUT2D eigenvalue weighted by molar-refractivity contribution is 0.111. The summed E-state index contributed by atoms with van der Waals surface area (Å²) in [6.45, 7) is 6.47. The summed E-state index contributed by atoms with van der Waals surface area (Å²) >= 11 is 0. The first-order valence-corrected chi connectivity index (χ1v) is 7.52. The average molecular weight is 279 g/mol. The maximum Gasteiger partial charge on any atom is 0.127 e. The van der Waals surface area contributed by atoms with Crippen LogP contribution in [0.5, 0.6) is 5.75 Å². The van der Waals surface area contributed by atoms with Crippen LogP contribution in [0.25, 0.3) is 0 Å². The molecule has 2 aromatic rings. The second kappa shape index (κ2) is 5.36. The van der Waals surface area contributed by atoms with Crippen molar-refractivity contribution in [2.45, 2.75) is 39.2 Å². The molecule has 21 heavy (non-hydrogen) atoms. The molecule has 1 unspecified atom stereocenters. The van der Waals surface area contributed by atoms with Crippen LogP contribution in [-0.2, 0) is 6.42 Å². The molecule has 0 spiro atoms. The molecule has 108 valence electrons. The Morgan fingerprint density at radius 2 is 1.95 bits per heavy atom. The van der Waals surface area contributed by atoms with Crippen LogP contribution < -0.4 is 4.74 Å². The normalized spacial score (nSPS) is 20.5. The van der Waals surface area contributed by atoms with Crippen LogP contribution in [0.4, 0.5) is 5.69 Å². The quantitative estimate of drug-likeness (QED) is 0.736. The van der Waals surface area contributed by atoms with Gasteiger partial charge in [0.15, 0.2) is 0 Å². The molecule has 0 saturated carbocycles. The summed E-state index contributed by atoms with van der Waals surface area (Å²) in [5, 5.41) is 0. The molecule has 0 aliphatic carbocycles. The van der Waals surface area contributed by atoms with Crippen molar-refractivity contribution in [1.82, 2.24) is 0 Å². The fourth-order valence-corrected chi connectivity index (χ4v) is 2.72. The summed E-state index contributed by atoms with van der Waals surface area (Å²) in [5.74, 6) is 1.05. The highest BCUT2D eigenvalue weighted by molar-refractivity contribution is 5.85. The van der Waals surface area contributed by atoms with Gasteiger partial charge >= 0.3 is 0 Å². The zero-order chi connectivity index (χ0) is 14.9. The van der Waals surface area contributed by atoms with Crippen molar-refractivity contribution in [3.8, 4) is 5.75 Å². The summed E-state index contributed by atoms with van der Waals surface area (Å²) < 4.78 is 6.21. The van der Waals surface area contributed by atoms with Gasteiger partial charge in [-0.05, 0) is 43.5 Å². The standard InChI is InChI=1S/C19H21NO/c1-4-19(3)12-17-15(11-10-14(2)18(17)21-19)13-20-16-8-6-5-7-9-16/h5-11,13H,4,12H2,1-3H3. The van der Waals surface area contributed by atoms with E-state index < -0.39 is 0 Å². The molecular formula is C19H21NO. The molecule has 2 aromatic carbocycles. The van der Waals surface area contributed by atoms with E-state index >= 15 is 0 Å². The lowest BCUT2D eigenvalue weighted by Crippen LogP contribution is -2.28. The Morgan fingerprint density at radius 3 is 2.67 bits per heavy atom. The number of rotatable bonds is 3. The third kappa shape index (κ3) is 2.71. The first-order valence-electron chi connectivity index (χ1n) is 7.52. The van der Waals surface area contributed by atoms with Crippen molar-refractivity contribution < 1.29 is 4.74 Å². The Bertz CT molecular complexity index is 675. The maximum atomic E-state index is 6.21. The van der Waals surface area contributed by atoms with Crippen LogP contribution in [-0.4, -0.2) is 11.8 Å². The predicted molar refractivity (Wildman–Crippen MR) is 87.9 cm³/mol. The number of para-hydroxylation sites is 1. The van der Waals surface area contributed by atoms with Crippen LogP contribution in [0.1, 0.15) is 37.0 Å². The van der Waals surface area contributed by atoms with E-state index in [1.165, 1.54) is 11.1 Å². The number of fused-ring (bicyclic) bond motifs is 1. The summed E-state index contributed by atoms with van der Waals surface area (Å²) in [4.78, 5) is 4.58. The minimum Gasteiger partial charge on any atom is -0.487 e. The van der Waals surface area contributed by atoms with E-state index in [2.05, 4.69) is 37.9 Å². The van der Waals surface area contributed by atoms with Crippen molar-refractivity contribution in [1.29, 1.82) is 0 Å². The summed E-state index contributed by atoms with van der Waals surface area (Å²) in [6, 6.07) is 14.3. The fraction of sp³-hybridized carbons (Fsp3) is 0.316. The Kier molecular flexibility index (Phi) is 3.54. The smallest absolute Gasteiger partial charge is 0.127 e. The van der Waals surface area contributed by atoms with Gasteiger partial charge in [-0.25, -0.2) is 0 Å². The average Bonchev–Trinajstić information content (AvgIpc) is 2.87. The molecule has 1 aliphatic rings. The molecule has 2 heteroatoms. The molecule has 0 N–H and O–H groups in total. The van der Waals surface area contributed by atoms with Crippen LogP contribution >= 0.6 is 0 Å². The number of aliphatic imine (C=N–C) groups is 1. The second-order valence-corrected chi connectivity index (χ2v) is 5.96. The predicted octanol–water partition coefficient (Wildman–Crippen LogP) is 4.85. The molecule has 2 nitrogen and oxygen atoms in total. The highest BCUT2D eigenvalue weighted by atomic mass is 16.5. The van der Waals surface area contributed by atoms with E-state index in [4.69, 9.17) is 4.74 Å². The van der Waals surface area contributed by atoms with Crippen molar-refractivity contribution in [2.24, 2.45) is 4.99 Å². The van der Waals surface area contributed by atoms with Gasteiger partial charge in [-0.2, -0.15) is 0 Å². The van der Waals surface area contributed by atoms with Crippen LogP contribution in [0.2, 0.25) is 0 Å². The van der Waals surface area contributed by atoms with Crippen LogP contribution in [0.3, 0.4) is 0 Å². The number of ether oxygens (including phenoxy) is 1. The minimum absolute atomic E-state index is 0.0796. The Labute approximate surface area is 126 Å². The van der Waals surface area contributed by atoms with Crippen LogP contribution in [0.15, 0.2) is 47.5 Å². The molecule has 0 aromatic heterocycles. The van der Waals surface area contributed by atoms with Gasteiger partial charge in [-0.15, -0.1) is 0 Å². The zero-order valence-electron chi connectivity index (χ0n) is 12.9. The first kappa shape index (κ1) is 13.9. The number of hydrogen-bond donors (Lipinski definition) is 0. The van der Waals surface area contributed by atoms with E-state index in [1.54, 1.807) is 0 Å². The maximum absolute atomic E-state index is 6.21. The van der Waals surface area contributed by atoms with Gasteiger partial charge in [0.25, 0.3) is 0 Å². The minimum atomic E-state index is -0.0796. The van der Waals surface area contributed by atoms with Crippen molar-refractivity contribution in [3.63, 3.8) is 0 Å². The lowest BCUT2D eigenvalue weighted by atomic mass is 9.93. The van der Waals surface area contributed by atoms with Crippen LogP contribution in [0, 0.1) is 6.92 Å². The van der Waals surface area contributed by atoms with Gasteiger partial charge in [-0.1, -0.05) is 37.3 Å². The van der Waals surface area contributed by atoms with Gasteiger partial charge in [0.1, 0.15) is 11.4 Å². The van der Waals surface area contributed by atoms with Gasteiger partial charge < -0.3 is 4.74 Å². The third-order valence-electron chi connectivity index (χ3n) is 4.25. The Morgan fingerprint density at radius 1 is 1.19 bits per heavy atom. The third-order valence-corrected chi connectivity index (χ3v) is 4.25. The van der Waals surface area contributed by atoms with Crippen molar-refractivity contribution in [3.05, 3.63) is 59.2 Å². The number of hydrogen-bond acceptors (Lipinski definition) is 2. The first-order chi connectivity index (χ1) is 10.1. The fourth-order valence-electron chi connectivity index (χ4n) is 2.72. The number of nitrogens with zero attached hydrogens (tertiary/aromatic N) is 1. The molecule has 0 bridgehead atoms. The van der Waals surface area contributed by atoms with E-state index in [0.717, 1.165) is 29.8 Å². The van der Waals surface area contributed by atoms with Gasteiger partial charge in [-0.3, -0.25) is 4.99 Å². The highest BCUT2D eigenvalue weighted by Gasteiger charge is 2.35. The number of aryl methyl sites for hydroxylation is 1. The van der Waals surface area contributed by atoms with E-state index in [-0.39, 0.29) is 5.60 Å². The lowest BCUT2D eigenvalue weighted by Gasteiger charge is -2.21.